The average Bonchev–Trinajstić information content (AvgIpc) is 3.17. The summed E-state index contributed by atoms with van der Waals surface area (Å²) in [6.45, 7) is 0.658. The Balaban J connectivity index is 0.00000176. The third-order valence-corrected chi connectivity index (χ3v) is 3.57. The van der Waals surface area contributed by atoms with Crippen molar-refractivity contribution in [1.29, 1.82) is 0 Å². The standard InChI is InChI=1S/C15H14N2O4.ClH/c18-14(17-7-6-11(8-17)15(19)20)12-9-21-13(16-12)10-4-2-1-3-5-10;/h1-5,9,11H,6-8H2,(H,19,20);1H. The zero-order valence-corrected chi connectivity index (χ0v) is 12.5. The molecule has 1 fully saturated rings. The number of carbonyl (C=O) groups excluding carboxylic acids is 1. The highest BCUT2D eigenvalue weighted by Crippen LogP contribution is 2.21. The highest BCUT2D eigenvalue weighted by molar-refractivity contribution is 5.93. The predicted molar refractivity (Wildman–Crippen MR) is 80.8 cm³/mol. The van der Waals surface area contributed by atoms with Crippen molar-refractivity contribution in [3.05, 3.63) is 42.3 Å². The lowest BCUT2D eigenvalue weighted by Gasteiger charge is -2.13. The minimum Gasteiger partial charge on any atom is -0.481 e. The zero-order valence-electron chi connectivity index (χ0n) is 11.6. The number of benzene rings is 1. The number of hydrogen-bond acceptors (Lipinski definition) is 4. The summed E-state index contributed by atoms with van der Waals surface area (Å²) in [6.07, 6.45) is 1.79. The summed E-state index contributed by atoms with van der Waals surface area (Å²) < 4.78 is 5.33. The highest BCUT2D eigenvalue weighted by Gasteiger charge is 2.32. The molecule has 1 aliphatic heterocycles. The Morgan fingerprint density at radius 1 is 1.27 bits per heavy atom. The largest absolute Gasteiger partial charge is 0.481 e. The molecule has 1 aromatic carbocycles. The molecule has 0 saturated carbocycles. The van der Waals surface area contributed by atoms with E-state index in [1.165, 1.54) is 11.2 Å². The van der Waals surface area contributed by atoms with Crippen molar-refractivity contribution in [2.24, 2.45) is 5.92 Å². The van der Waals surface area contributed by atoms with E-state index in [-0.39, 0.29) is 30.6 Å². The molecular weight excluding hydrogens is 308 g/mol. The number of carboxylic acids is 1. The summed E-state index contributed by atoms with van der Waals surface area (Å²) in [5.74, 6) is -1.26. The van der Waals surface area contributed by atoms with Crippen LogP contribution in [0.15, 0.2) is 41.0 Å². The van der Waals surface area contributed by atoms with Crippen LogP contribution in [0.25, 0.3) is 11.5 Å². The topological polar surface area (TPSA) is 83.6 Å². The quantitative estimate of drug-likeness (QED) is 0.937. The molecule has 0 aliphatic carbocycles. The van der Waals surface area contributed by atoms with Gasteiger partial charge in [0.15, 0.2) is 5.69 Å². The van der Waals surface area contributed by atoms with Gasteiger partial charge in [-0.05, 0) is 18.6 Å². The van der Waals surface area contributed by atoms with E-state index in [0.717, 1.165) is 5.56 Å². The monoisotopic (exact) mass is 322 g/mol. The molecular formula is C15H15ClN2O4. The van der Waals surface area contributed by atoms with Crippen molar-refractivity contribution in [3.8, 4) is 11.5 Å². The zero-order chi connectivity index (χ0) is 14.8. The second kappa shape index (κ2) is 6.62. The van der Waals surface area contributed by atoms with E-state index in [1.807, 2.05) is 30.3 Å². The Labute approximate surface area is 133 Å². The molecule has 2 heterocycles. The minimum atomic E-state index is -0.865. The maximum Gasteiger partial charge on any atom is 0.308 e. The highest BCUT2D eigenvalue weighted by atomic mass is 35.5. The number of nitrogens with zero attached hydrogens (tertiary/aromatic N) is 2. The Morgan fingerprint density at radius 2 is 2.00 bits per heavy atom. The van der Waals surface area contributed by atoms with Gasteiger partial charge in [-0.25, -0.2) is 4.98 Å². The van der Waals surface area contributed by atoms with Gasteiger partial charge in [-0.15, -0.1) is 12.4 Å². The molecule has 0 spiro atoms. The van der Waals surface area contributed by atoms with Crippen molar-refractivity contribution in [1.82, 2.24) is 9.88 Å². The van der Waals surface area contributed by atoms with Gasteiger partial charge in [0.1, 0.15) is 6.26 Å². The summed E-state index contributed by atoms with van der Waals surface area (Å²) >= 11 is 0. The maximum atomic E-state index is 12.3. The van der Waals surface area contributed by atoms with Crippen molar-refractivity contribution in [3.63, 3.8) is 0 Å². The molecule has 1 N–H and O–H groups in total. The van der Waals surface area contributed by atoms with Crippen LogP contribution in [0.2, 0.25) is 0 Å². The molecule has 2 aromatic rings. The summed E-state index contributed by atoms with van der Waals surface area (Å²) in [5.41, 5.74) is 1.00. The van der Waals surface area contributed by atoms with Crippen LogP contribution in [-0.4, -0.2) is 40.0 Å². The van der Waals surface area contributed by atoms with Gasteiger partial charge in [0.2, 0.25) is 5.89 Å². The number of hydrogen-bond donors (Lipinski definition) is 1. The van der Waals surface area contributed by atoms with Gasteiger partial charge >= 0.3 is 5.97 Å². The van der Waals surface area contributed by atoms with Crippen molar-refractivity contribution in [2.75, 3.05) is 13.1 Å². The average molecular weight is 323 g/mol. The van der Waals surface area contributed by atoms with Crippen LogP contribution in [0, 0.1) is 5.92 Å². The Kier molecular flexibility index (Phi) is 4.82. The first kappa shape index (κ1) is 16.0. The van der Waals surface area contributed by atoms with Gasteiger partial charge < -0.3 is 14.4 Å². The molecule has 6 nitrogen and oxygen atoms in total. The van der Waals surface area contributed by atoms with Crippen LogP contribution in [0.5, 0.6) is 0 Å². The molecule has 1 aromatic heterocycles. The van der Waals surface area contributed by atoms with Gasteiger partial charge in [-0.1, -0.05) is 18.2 Å². The van der Waals surface area contributed by atoms with Crippen LogP contribution in [0.4, 0.5) is 0 Å². The lowest BCUT2D eigenvalue weighted by Crippen LogP contribution is -2.30. The summed E-state index contributed by atoms with van der Waals surface area (Å²) in [4.78, 5) is 28.9. The van der Waals surface area contributed by atoms with Crippen molar-refractivity contribution in [2.45, 2.75) is 6.42 Å². The molecule has 1 saturated heterocycles. The van der Waals surface area contributed by atoms with E-state index in [2.05, 4.69) is 4.98 Å². The molecule has 1 amide bonds. The lowest BCUT2D eigenvalue weighted by atomic mass is 10.1. The van der Waals surface area contributed by atoms with E-state index in [1.54, 1.807) is 0 Å². The molecule has 0 bridgehead atoms. The first-order chi connectivity index (χ1) is 10.1. The SMILES string of the molecule is Cl.O=C(O)C1CCN(C(=O)c2coc(-c3ccccc3)n2)C1. The number of aromatic nitrogens is 1. The normalized spacial score (nSPS) is 17.1. The first-order valence-electron chi connectivity index (χ1n) is 6.68. The number of halogens is 1. The molecule has 1 atom stereocenters. The third kappa shape index (κ3) is 3.12. The summed E-state index contributed by atoms with van der Waals surface area (Å²) in [5, 5.41) is 8.96. The van der Waals surface area contributed by atoms with E-state index in [0.29, 0.717) is 18.9 Å². The van der Waals surface area contributed by atoms with Crippen molar-refractivity contribution < 1.29 is 19.1 Å². The van der Waals surface area contributed by atoms with Gasteiger partial charge in [-0.3, -0.25) is 9.59 Å². The van der Waals surface area contributed by atoms with E-state index in [9.17, 15) is 9.59 Å². The smallest absolute Gasteiger partial charge is 0.308 e. The van der Waals surface area contributed by atoms with Crippen LogP contribution in [-0.2, 0) is 4.79 Å². The van der Waals surface area contributed by atoms with Crippen molar-refractivity contribution >= 4 is 24.3 Å². The number of carboxylic acid groups (broad SMARTS) is 1. The Bertz CT molecular complexity index is 671. The fourth-order valence-electron chi connectivity index (χ4n) is 2.39. The number of aliphatic carboxylic acids is 1. The third-order valence-electron chi connectivity index (χ3n) is 3.57. The molecule has 1 unspecified atom stereocenters. The van der Waals surface area contributed by atoms with Gasteiger partial charge in [-0.2, -0.15) is 0 Å². The van der Waals surface area contributed by atoms with E-state index >= 15 is 0 Å². The number of amides is 1. The van der Waals surface area contributed by atoms with Crippen LogP contribution < -0.4 is 0 Å². The molecule has 22 heavy (non-hydrogen) atoms. The Morgan fingerprint density at radius 3 is 2.64 bits per heavy atom. The molecule has 3 rings (SSSR count). The minimum absolute atomic E-state index is 0. The summed E-state index contributed by atoms with van der Waals surface area (Å²) in [6, 6.07) is 9.29. The van der Waals surface area contributed by atoms with Gasteiger partial charge in [0.05, 0.1) is 5.92 Å². The van der Waals surface area contributed by atoms with Crippen LogP contribution >= 0.6 is 12.4 Å². The summed E-state index contributed by atoms with van der Waals surface area (Å²) in [7, 11) is 0. The Hall–Kier alpha value is -2.34. The van der Waals surface area contributed by atoms with Crippen LogP contribution in [0.1, 0.15) is 16.9 Å². The molecule has 116 valence electrons. The number of oxazole rings is 1. The molecule has 1 aliphatic rings. The predicted octanol–water partition coefficient (Wildman–Crippen LogP) is 2.31. The second-order valence-corrected chi connectivity index (χ2v) is 4.98. The second-order valence-electron chi connectivity index (χ2n) is 4.98. The molecule has 0 radical (unpaired) electrons. The number of rotatable bonds is 3. The fourth-order valence-corrected chi connectivity index (χ4v) is 2.39. The molecule has 7 heteroatoms. The lowest BCUT2D eigenvalue weighted by molar-refractivity contribution is -0.141. The fraction of sp³-hybridized carbons (Fsp3) is 0.267. The maximum absolute atomic E-state index is 12.3. The number of carbonyl (C=O) groups is 2. The van der Waals surface area contributed by atoms with Gasteiger partial charge in [0.25, 0.3) is 5.91 Å². The van der Waals surface area contributed by atoms with Gasteiger partial charge in [0, 0.05) is 18.7 Å². The van der Waals surface area contributed by atoms with Crippen LogP contribution in [0.3, 0.4) is 0 Å². The number of likely N-dealkylation sites (tertiary alicyclic amines) is 1. The van der Waals surface area contributed by atoms with E-state index < -0.39 is 11.9 Å². The first-order valence-corrected chi connectivity index (χ1v) is 6.68. The van der Waals surface area contributed by atoms with E-state index in [4.69, 9.17) is 9.52 Å².